The molecule has 1 heterocycles. The van der Waals surface area contributed by atoms with E-state index in [0.29, 0.717) is 52.2 Å². The van der Waals surface area contributed by atoms with Gasteiger partial charge < -0.3 is 9.80 Å². The Morgan fingerprint density at radius 3 is 2.14 bits per heavy atom. The number of halogens is 3. The Morgan fingerprint density at radius 1 is 1.03 bits per heavy atom. The molecule has 3 rings (SSSR count). The van der Waals surface area contributed by atoms with E-state index in [1.54, 1.807) is 4.90 Å². The number of carbonyl (C=O) groups is 2. The largest absolute Gasteiger partial charge is 0.416 e. The predicted molar refractivity (Wildman–Crippen MR) is 103 cm³/mol. The van der Waals surface area contributed by atoms with Crippen molar-refractivity contribution in [3.05, 3.63) is 35.4 Å². The van der Waals surface area contributed by atoms with Crippen LogP contribution in [0.1, 0.15) is 37.3 Å². The number of benzene rings is 1. The third-order valence-electron chi connectivity index (χ3n) is 5.93. The number of hydrogen-bond donors (Lipinski definition) is 0. The second-order valence-corrected chi connectivity index (χ2v) is 7.74. The van der Waals surface area contributed by atoms with Crippen LogP contribution in [-0.2, 0) is 15.8 Å². The highest BCUT2D eigenvalue weighted by molar-refractivity contribution is 5.83. The van der Waals surface area contributed by atoms with Crippen molar-refractivity contribution in [3.63, 3.8) is 0 Å². The first-order valence-corrected chi connectivity index (χ1v) is 10.2. The molecule has 1 aromatic carbocycles. The summed E-state index contributed by atoms with van der Waals surface area (Å²) in [6.07, 6.45) is -3.66. The average Bonchev–Trinajstić information content (AvgIpc) is 3.49. The molecule has 1 saturated heterocycles. The van der Waals surface area contributed by atoms with Gasteiger partial charge in [-0.05, 0) is 43.9 Å². The number of alkyl halides is 3. The summed E-state index contributed by atoms with van der Waals surface area (Å²) >= 11 is 0. The van der Waals surface area contributed by atoms with Gasteiger partial charge in [0.25, 0.3) is 0 Å². The number of nitrogens with zero attached hydrogens (tertiary/aromatic N) is 3. The van der Waals surface area contributed by atoms with Gasteiger partial charge >= 0.3 is 6.18 Å². The highest BCUT2D eigenvalue weighted by Crippen LogP contribution is 2.49. The summed E-state index contributed by atoms with van der Waals surface area (Å²) in [4.78, 5) is 30.7. The molecule has 0 bridgehead atoms. The highest BCUT2D eigenvalue weighted by atomic mass is 19.4. The maximum absolute atomic E-state index is 12.8. The van der Waals surface area contributed by atoms with Crippen LogP contribution in [0.25, 0.3) is 0 Å². The van der Waals surface area contributed by atoms with Gasteiger partial charge in [0.05, 0.1) is 12.1 Å². The van der Waals surface area contributed by atoms with Gasteiger partial charge in [0.1, 0.15) is 0 Å². The van der Waals surface area contributed by atoms with Crippen molar-refractivity contribution in [1.82, 2.24) is 14.7 Å². The smallest absolute Gasteiger partial charge is 0.342 e. The van der Waals surface area contributed by atoms with E-state index in [-0.39, 0.29) is 23.7 Å². The van der Waals surface area contributed by atoms with Crippen molar-refractivity contribution < 1.29 is 22.8 Å². The summed E-state index contributed by atoms with van der Waals surface area (Å²) in [5.74, 6) is 0.0478. The first-order valence-electron chi connectivity index (χ1n) is 10.2. The normalized spacial score (nSPS) is 22.4. The number of rotatable bonds is 6. The Labute approximate surface area is 169 Å². The van der Waals surface area contributed by atoms with Crippen LogP contribution < -0.4 is 0 Å². The zero-order valence-corrected chi connectivity index (χ0v) is 16.9. The van der Waals surface area contributed by atoms with E-state index in [0.717, 1.165) is 17.7 Å². The molecular weight excluding hydrogens is 383 g/mol. The Morgan fingerprint density at radius 2 is 1.62 bits per heavy atom. The van der Waals surface area contributed by atoms with Crippen molar-refractivity contribution in [3.8, 4) is 0 Å². The molecule has 1 saturated carbocycles. The lowest BCUT2D eigenvalue weighted by Gasteiger charge is -2.35. The Balaban J connectivity index is 1.48. The maximum atomic E-state index is 12.8. The number of carbonyl (C=O) groups excluding carboxylic acids is 2. The molecule has 2 fully saturated rings. The van der Waals surface area contributed by atoms with E-state index in [9.17, 15) is 22.8 Å². The third-order valence-corrected chi connectivity index (χ3v) is 5.93. The molecule has 160 valence electrons. The zero-order valence-electron chi connectivity index (χ0n) is 16.9. The van der Waals surface area contributed by atoms with E-state index < -0.39 is 11.7 Å². The van der Waals surface area contributed by atoms with E-state index in [2.05, 4.69) is 4.90 Å². The molecule has 5 nitrogen and oxygen atoms in total. The first kappa shape index (κ1) is 21.6. The summed E-state index contributed by atoms with van der Waals surface area (Å²) in [5.41, 5.74) is 0.125. The monoisotopic (exact) mass is 411 g/mol. The molecule has 2 amide bonds. The molecule has 2 atom stereocenters. The number of amides is 2. The van der Waals surface area contributed by atoms with Gasteiger partial charge in [0, 0.05) is 45.2 Å². The molecule has 2 aliphatic rings. The second kappa shape index (κ2) is 8.73. The van der Waals surface area contributed by atoms with Gasteiger partial charge in [-0.2, -0.15) is 13.2 Å². The number of likely N-dealkylation sites (N-methyl/N-ethyl adjacent to an activating group) is 1. The van der Waals surface area contributed by atoms with Gasteiger partial charge in [-0.15, -0.1) is 0 Å². The minimum absolute atomic E-state index is 0.00653. The summed E-state index contributed by atoms with van der Waals surface area (Å²) < 4.78 is 38.1. The van der Waals surface area contributed by atoms with Crippen LogP contribution in [0.3, 0.4) is 0 Å². The standard InChI is InChI=1S/C21H28F3N3O2/c1-3-26(4-2)19(28)14-25-9-11-27(12-10-25)20(29)18-13-17(18)15-5-7-16(8-6-15)21(22,23)24/h5-8,17-18H,3-4,9-14H2,1-2H3. The molecule has 0 N–H and O–H groups in total. The van der Waals surface area contributed by atoms with E-state index in [1.807, 2.05) is 18.7 Å². The van der Waals surface area contributed by atoms with Crippen LogP contribution in [0.5, 0.6) is 0 Å². The zero-order chi connectivity index (χ0) is 21.2. The van der Waals surface area contributed by atoms with Crippen LogP contribution in [0.15, 0.2) is 24.3 Å². The van der Waals surface area contributed by atoms with Gasteiger partial charge in [-0.25, -0.2) is 0 Å². The van der Waals surface area contributed by atoms with E-state index in [1.165, 1.54) is 12.1 Å². The SMILES string of the molecule is CCN(CC)C(=O)CN1CCN(C(=O)C2CC2c2ccc(C(F)(F)F)cc2)CC1. The van der Waals surface area contributed by atoms with Gasteiger partial charge in [0.2, 0.25) is 11.8 Å². The molecule has 8 heteroatoms. The molecule has 29 heavy (non-hydrogen) atoms. The lowest BCUT2D eigenvalue weighted by molar-refractivity contribution is -0.138. The van der Waals surface area contributed by atoms with Crippen LogP contribution in [0.4, 0.5) is 13.2 Å². The minimum atomic E-state index is -4.34. The fourth-order valence-electron chi connectivity index (χ4n) is 3.98. The van der Waals surface area contributed by atoms with Crippen LogP contribution in [-0.4, -0.2) is 72.3 Å². The van der Waals surface area contributed by atoms with Crippen molar-refractivity contribution in [1.29, 1.82) is 0 Å². The quantitative estimate of drug-likeness (QED) is 0.723. The highest BCUT2D eigenvalue weighted by Gasteiger charge is 2.46. The van der Waals surface area contributed by atoms with Crippen molar-refractivity contribution >= 4 is 11.8 Å². The number of hydrogen-bond acceptors (Lipinski definition) is 3. The summed E-state index contributed by atoms with van der Waals surface area (Å²) in [6.45, 7) is 8.18. The summed E-state index contributed by atoms with van der Waals surface area (Å²) in [6, 6.07) is 5.14. The van der Waals surface area contributed by atoms with Crippen molar-refractivity contribution in [2.75, 3.05) is 45.8 Å². The Bertz CT molecular complexity index is 724. The van der Waals surface area contributed by atoms with Crippen LogP contribution in [0, 0.1) is 5.92 Å². The number of piperazine rings is 1. The van der Waals surface area contributed by atoms with Crippen molar-refractivity contribution in [2.24, 2.45) is 5.92 Å². The third kappa shape index (κ3) is 5.10. The van der Waals surface area contributed by atoms with Gasteiger partial charge in [-0.1, -0.05) is 12.1 Å². The first-order chi connectivity index (χ1) is 13.7. The van der Waals surface area contributed by atoms with E-state index >= 15 is 0 Å². The Kier molecular flexibility index (Phi) is 6.51. The topological polar surface area (TPSA) is 43.9 Å². The molecule has 0 aromatic heterocycles. The molecule has 0 radical (unpaired) electrons. The lowest BCUT2D eigenvalue weighted by atomic mass is 10.1. The van der Waals surface area contributed by atoms with E-state index in [4.69, 9.17) is 0 Å². The summed E-state index contributed by atoms with van der Waals surface area (Å²) in [7, 11) is 0. The Hall–Kier alpha value is -2.09. The average molecular weight is 411 g/mol. The van der Waals surface area contributed by atoms with Crippen LogP contribution in [0.2, 0.25) is 0 Å². The molecule has 2 unspecified atom stereocenters. The predicted octanol–water partition coefficient (Wildman–Crippen LogP) is 2.82. The summed E-state index contributed by atoms with van der Waals surface area (Å²) in [5, 5.41) is 0. The molecule has 1 aliphatic carbocycles. The molecular formula is C21H28F3N3O2. The second-order valence-electron chi connectivity index (χ2n) is 7.74. The lowest BCUT2D eigenvalue weighted by Crippen LogP contribution is -2.52. The molecule has 0 spiro atoms. The van der Waals surface area contributed by atoms with Crippen molar-refractivity contribution in [2.45, 2.75) is 32.4 Å². The van der Waals surface area contributed by atoms with Gasteiger partial charge in [0.15, 0.2) is 0 Å². The molecule has 1 aromatic rings. The fraction of sp³-hybridized carbons (Fsp3) is 0.619. The van der Waals surface area contributed by atoms with Crippen LogP contribution >= 0.6 is 0 Å². The minimum Gasteiger partial charge on any atom is -0.342 e. The van der Waals surface area contributed by atoms with Gasteiger partial charge in [-0.3, -0.25) is 14.5 Å². The maximum Gasteiger partial charge on any atom is 0.416 e. The molecule has 1 aliphatic heterocycles. The fourth-order valence-corrected chi connectivity index (χ4v) is 3.98.